The number of amides is 1. The van der Waals surface area contributed by atoms with Gasteiger partial charge in [0.05, 0.1) is 11.5 Å². The summed E-state index contributed by atoms with van der Waals surface area (Å²) in [5, 5.41) is 0. The first-order chi connectivity index (χ1) is 11.5. The summed E-state index contributed by atoms with van der Waals surface area (Å²) in [7, 11) is -3.00. The van der Waals surface area contributed by atoms with Crippen molar-refractivity contribution in [1.82, 2.24) is 4.90 Å². The van der Waals surface area contributed by atoms with E-state index in [-0.39, 0.29) is 29.5 Å². The van der Waals surface area contributed by atoms with Crippen molar-refractivity contribution in [2.45, 2.75) is 64.0 Å². The zero-order chi connectivity index (χ0) is 17.2. The molecular formula is C19H27NO3S. The van der Waals surface area contributed by atoms with Crippen LogP contribution < -0.4 is 0 Å². The third-order valence-corrected chi connectivity index (χ3v) is 7.18. The van der Waals surface area contributed by atoms with Crippen LogP contribution in [-0.4, -0.2) is 42.8 Å². The van der Waals surface area contributed by atoms with Crippen molar-refractivity contribution in [2.75, 3.05) is 11.5 Å². The average molecular weight is 349 g/mol. The highest BCUT2D eigenvalue weighted by atomic mass is 32.2. The molecule has 1 atom stereocenters. The second-order valence-electron chi connectivity index (χ2n) is 7.07. The van der Waals surface area contributed by atoms with Gasteiger partial charge in [0.1, 0.15) is 0 Å². The van der Waals surface area contributed by atoms with Crippen LogP contribution in [0.4, 0.5) is 0 Å². The molecule has 2 fully saturated rings. The second-order valence-corrected chi connectivity index (χ2v) is 9.30. The third-order valence-electron chi connectivity index (χ3n) is 5.43. The lowest BCUT2D eigenvalue weighted by atomic mass is 9.91. The van der Waals surface area contributed by atoms with Crippen LogP contribution in [0.3, 0.4) is 0 Å². The lowest BCUT2D eigenvalue weighted by Crippen LogP contribution is -2.48. The third kappa shape index (κ3) is 3.66. The summed E-state index contributed by atoms with van der Waals surface area (Å²) < 4.78 is 23.9. The molecule has 1 aliphatic heterocycles. The molecule has 0 unspecified atom stereocenters. The van der Waals surface area contributed by atoms with Crippen molar-refractivity contribution in [1.29, 1.82) is 0 Å². The Hall–Kier alpha value is -1.36. The van der Waals surface area contributed by atoms with E-state index in [0.717, 1.165) is 43.2 Å². The topological polar surface area (TPSA) is 54.5 Å². The monoisotopic (exact) mass is 349 g/mol. The molecule has 0 aromatic heterocycles. The molecule has 24 heavy (non-hydrogen) atoms. The van der Waals surface area contributed by atoms with Gasteiger partial charge in [-0.3, -0.25) is 4.79 Å². The minimum Gasteiger partial charge on any atom is -0.332 e. The maximum absolute atomic E-state index is 13.4. The highest BCUT2D eigenvalue weighted by Crippen LogP contribution is 2.30. The van der Waals surface area contributed by atoms with Gasteiger partial charge in [-0.25, -0.2) is 8.42 Å². The summed E-state index contributed by atoms with van der Waals surface area (Å²) in [6.07, 6.45) is 6.86. The molecule has 5 heteroatoms. The average Bonchev–Trinajstić information content (AvgIpc) is 2.95. The largest absolute Gasteiger partial charge is 0.332 e. The number of benzene rings is 1. The second kappa shape index (κ2) is 7.26. The SMILES string of the molecule is CCc1ccccc1C(=O)N(C1CCCCC1)[C@H]1CCS(=O)(=O)C1. The van der Waals surface area contributed by atoms with Gasteiger partial charge in [-0.2, -0.15) is 0 Å². The molecule has 4 nitrogen and oxygen atoms in total. The van der Waals surface area contributed by atoms with Crippen molar-refractivity contribution in [3.05, 3.63) is 35.4 Å². The van der Waals surface area contributed by atoms with Gasteiger partial charge in [0.15, 0.2) is 9.84 Å². The van der Waals surface area contributed by atoms with Crippen LogP contribution in [0.2, 0.25) is 0 Å². The van der Waals surface area contributed by atoms with E-state index < -0.39 is 9.84 Å². The minimum atomic E-state index is -3.00. The van der Waals surface area contributed by atoms with Crippen LogP contribution in [0, 0.1) is 0 Å². The molecule has 0 spiro atoms. The van der Waals surface area contributed by atoms with Gasteiger partial charge in [0, 0.05) is 17.6 Å². The molecule has 3 rings (SSSR count). The maximum atomic E-state index is 13.4. The molecule has 1 aromatic rings. The van der Waals surface area contributed by atoms with Gasteiger partial charge in [-0.15, -0.1) is 0 Å². The predicted molar refractivity (Wildman–Crippen MR) is 95.9 cm³/mol. The number of rotatable bonds is 4. The standard InChI is InChI=1S/C19H27NO3S/c1-2-15-8-6-7-11-18(15)19(21)20(16-9-4-3-5-10-16)17-12-13-24(22,23)14-17/h6-8,11,16-17H,2-5,9-10,12-14H2,1H3/t17-/m0/s1. The Morgan fingerprint density at radius 2 is 1.79 bits per heavy atom. The van der Waals surface area contributed by atoms with Crippen LogP contribution in [0.5, 0.6) is 0 Å². The molecule has 1 amide bonds. The molecule has 0 radical (unpaired) electrons. The molecule has 1 saturated carbocycles. The quantitative estimate of drug-likeness (QED) is 0.839. The number of carbonyl (C=O) groups is 1. The van der Waals surface area contributed by atoms with E-state index in [2.05, 4.69) is 6.92 Å². The molecule has 0 bridgehead atoms. The fourth-order valence-corrected chi connectivity index (χ4v) is 5.87. The van der Waals surface area contributed by atoms with E-state index in [1.165, 1.54) is 6.42 Å². The van der Waals surface area contributed by atoms with Crippen LogP contribution in [0.1, 0.15) is 61.4 Å². The predicted octanol–water partition coefficient (Wildman–Crippen LogP) is 3.21. The molecule has 1 saturated heterocycles. The Morgan fingerprint density at radius 3 is 2.42 bits per heavy atom. The van der Waals surface area contributed by atoms with Crippen LogP contribution in [0.25, 0.3) is 0 Å². The van der Waals surface area contributed by atoms with Crippen molar-refractivity contribution in [3.63, 3.8) is 0 Å². The fourth-order valence-electron chi connectivity index (χ4n) is 4.16. The van der Waals surface area contributed by atoms with Gasteiger partial charge in [0.25, 0.3) is 5.91 Å². The lowest BCUT2D eigenvalue weighted by molar-refractivity contribution is 0.0540. The van der Waals surface area contributed by atoms with Crippen molar-refractivity contribution < 1.29 is 13.2 Å². The Morgan fingerprint density at radius 1 is 1.08 bits per heavy atom. The number of nitrogens with zero attached hydrogens (tertiary/aromatic N) is 1. The van der Waals surface area contributed by atoms with Crippen LogP contribution >= 0.6 is 0 Å². The first kappa shape index (κ1) is 17.5. The van der Waals surface area contributed by atoms with E-state index in [4.69, 9.17) is 0 Å². The van der Waals surface area contributed by atoms with E-state index in [0.29, 0.717) is 6.42 Å². The number of aryl methyl sites for hydroxylation is 1. The van der Waals surface area contributed by atoms with Gasteiger partial charge < -0.3 is 4.90 Å². The van der Waals surface area contributed by atoms with Crippen LogP contribution in [0.15, 0.2) is 24.3 Å². The first-order valence-corrected chi connectivity index (χ1v) is 10.9. The van der Waals surface area contributed by atoms with E-state index in [1.54, 1.807) is 0 Å². The highest BCUT2D eigenvalue weighted by Gasteiger charge is 2.39. The summed E-state index contributed by atoms with van der Waals surface area (Å²) in [5.74, 6) is 0.370. The number of hydrogen-bond donors (Lipinski definition) is 0. The Bertz CT molecular complexity index is 692. The van der Waals surface area contributed by atoms with E-state index in [9.17, 15) is 13.2 Å². The van der Waals surface area contributed by atoms with Gasteiger partial charge in [0.2, 0.25) is 0 Å². The van der Waals surface area contributed by atoms with E-state index >= 15 is 0 Å². The highest BCUT2D eigenvalue weighted by molar-refractivity contribution is 7.91. The first-order valence-electron chi connectivity index (χ1n) is 9.13. The Kier molecular flexibility index (Phi) is 5.28. The van der Waals surface area contributed by atoms with Crippen LogP contribution in [-0.2, 0) is 16.3 Å². The minimum absolute atomic E-state index is 0.0291. The number of hydrogen-bond acceptors (Lipinski definition) is 3. The molecule has 2 aliphatic rings. The zero-order valence-corrected chi connectivity index (χ0v) is 15.2. The fraction of sp³-hybridized carbons (Fsp3) is 0.632. The molecular weight excluding hydrogens is 322 g/mol. The maximum Gasteiger partial charge on any atom is 0.254 e. The number of sulfone groups is 1. The summed E-state index contributed by atoms with van der Waals surface area (Å²) in [6.45, 7) is 2.05. The summed E-state index contributed by atoms with van der Waals surface area (Å²) in [4.78, 5) is 15.3. The summed E-state index contributed by atoms with van der Waals surface area (Å²) in [5.41, 5.74) is 1.79. The summed E-state index contributed by atoms with van der Waals surface area (Å²) >= 11 is 0. The van der Waals surface area contributed by atoms with Gasteiger partial charge in [-0.1, -0.05) is 44.4 Å². The molecule has 132 valence electrons. The zero-order valence-electron chi connectivity index (χ0n) is 14.4. The van der Waals surface area contributed by atoms with Gasteiger partial charge in [-0.05, 0) is 37.3 Å². The molecule has 0 N–H and O–H groups in total. The van der Waals surface area contributed by atoms with Crippen molar-refractivity contribution in [2.24, 2.45) is 0 Å². The molecule has 1 heterocycles. The Balaban J connectivity index is 1.93. The molecule has 1 aromatic carbocycles. The van der Waals surface area contributed by atoms with E-state index in [1.807, 2.05) is 29.2 Å². The summed E-state index contributed by atoms with van der Waals surface area (Å²) in [6, 6.07) is 7.78. The van der Waals surface area contributed by atoms with Crippen molar-refractivity contribution >= 4 is 15.7 Å². The van der Waals surface area contributed by atoms with Gasteiger partial charge >= 0.3 is 0 Å². The Labute approximate surface area is 145 Å². The number of carbonyl (C=O) groups excluding carboxylic acids is 1. The lowest BCUT2D eigenvalue weighted by Gasteiger charge is -2.38. The normalized spacial score (nSPS) is 24.0. The smallest absolute Gasteiger partial charge is 0.254 e. The van der Waals surface area contributed by atoms with Crippen molar-refractivity contribution in [3.8, 4) is 0 Å². The molecule has 1 aliphatic carbocycles.